The number of anilines is 1. The molecule has 0 saturated carbocycles. The van der Waals surface area contributed by atoms with E-state index >= 15 is 0 Å². The van der Waals surface area contributed by atoms with Gasteiger partial charge in [0, 0.05) is 11.6 Å². The smallest absolute Gasteiger partial charge is 0.311 e. The molecule has 16 heavy (non-hydrogen) atoms. The van der Waals surface area contributed by atoms with Crippen LogP contribution in [0.1, 0.15) is 17.7 Å². The van der Waals surface area contributed by atoms with Gasteiger partial charge in [0.15, 0.2) is 0 Å². The quantitative estimate of drug-likeness (QED) is 0.747. The molecule has 0 aromatic carbocycles. The van der Waals surface area contributed by atoms with Crippen LogP contribution in [-0.2, 0) is 16.0 Å². The van der Waals surface area contributed by atoms with E-state index in [9.17, 15) is 18.4 Å². The van der Waals surface area contributed by atoms with Gasteiger partial charge in [-0.1, -0.05) is 0 Å². The second-order valence-corrected chi connectivity index (χ2v) is 3.03. The summed E-state index contributed by atoms with van der Waals surface area (Å²) in [5.74, 6) is -0.672. The summed E-state index contributed by atoms with van der Waals surface area (Å²) in [6, 6.07) is 0.709. The maximum absolute atomic E-state index is 12.5. The molecular formula is C9H10F2N2O3. The number of hydrogen-bond donors (Lipinski definition) is 2. The number of nitrogens with two attached hydrogens (primary N) is 1. The van der Waals surface area contributed by atoms with Crippen molar-refractivity contribution >= 4 is 11.7 Å². The molecule has 5 nitrogen and oxygen atoms in total. The van der Waals surface area contributed by atoms with Gasteiger partial charge < -0.3 is 15.5 Å². The fourth-order valence-electron chi connectivity index (χ4n) is 1.18. The predicted octanol–water partition coefficient (Wildman–Crippen LogP) is 0.610. The second-order valence-electron chi connectivity index (χ2n) is 3.03. The highest BCUT2D eigenvalue weighted by Crippen LogP contribution is 2.25. The molecule has 0 fully saturated rings. The number of carbonyl (C=O) groups excluding carboxylic acids is 1. The monoisotopic (exact) mass is 232 g/mol. The number of pyridine rings is 1. The lowest BCUT2D eigenvalue weighted by Crippen LogP contribution is -2.17. The Morgan fingerprint density at radius 1 is 1.62 bits per heavy atom. The predicted molar refractivity (Wildman–Crippen MR) is 52.2 cm³/mol. The molecule has 0 amide bonds. The Balaban J connectivity index is 3.19. The first-order valence-corrected chi connectivity index (χ1v) is 4.32. The van der Waals surface area contributed by atoms with E-state index in [0.717, 1.165) is 7.11 Å². The average Bonchev–Trinajstić information content (AvgIpc) is 2.22. The molecule has 0 aliphatic carbocycles. The molecule has 0 unspecified atom stereocenters. The minimum Gasteiger partial charge on any atom is -0.469 e. The SMILES string of the molecule is COC(=O)Cc1[nH]c(=O)cc(C(F)F)c1N. The Hall–Kier alpha value is -1.92. The number of nitrogen functional groups attached to an aromatic ring is 1. The van der Waals surface area contributed by atoms with Crippen molar-refractivity contribution in [1.82, 2.24) is 4.98 Å². The van der Waals surface area contributed by atoms with Crippen molar-refractivity contribution < 1.29 is 18.3 Å². The maximum Gasteiger partial charge on any atom is 0.311 e. The van der Waals surface area contributed by atoms with E-state index in [1.54, 1.807) is 0 Å². The van der Waals surface area contributed by atoms with Crippen molar-refractivity contribution in [1.29, 1.82) is 0 Å². The first-order chi connectivity index (χ1) is 7.45. The van der Waals surface area contributed by atoms with Crippen LogP contribution in [0.15, 0.2) is 10.9 Å². The van der Waals surface area contributed by atoms with E-state index in [0.29, 0.717) is 6.07 Å². The lowest BCUT2D eigenvalue weighted by molar-refractivity contribution is -0.139. The second kappa shape index (κ2) is 4.73. The van der Waals surface area contributed by atoms with Crippen LogP contribution in [0.5, 0.6) is 0 Å². The van der Waals surface area contributed by atoms with Gasteiger partial charge >= 0.3 is 5.97 Å². The van der Waals surface area contributed by atoms with E-state index in [2.05, 4.69) is 9.72 Å². The van der Waals surface area contributed by atoms with Gasteiger partial charge in [-0.2, -0.15) is 0 Å². The summed E-state index contributed by atoms with van der Waals surface area (Å²) in [6.45, 7) is 0. The third-order valence-electron chi connectivity index (χ3n) is 1.98. The molecular weight excluding hydrogens is 222 g/mol. The molecule has 0 radical (unpaired) electrons. The normalized spacial score (nSPS) is 10.5. The molecule has 1 aromatic heterocycles. The Bertz CT molecular complexity index is 457. The number of alkyl halides is 2. The molecule has 1 rings (SSSR count). The fraction of sp³-hybridized carbons (Fsp3) is 0.333. The van der Waals surface area contributed by atoms with Crippen molar-refractivity contribution in [3.05, 3.63) is 27.7 Å². The number of aromatic nitrogens is 1. The topological polar surface area (TPSA) is 85.2 Å². The van der Waals surface area contributed by atoms with Crippen molar-refractivity contribution in [3.8, 4) is 0 Å². The minimum atomic E-state index is -2.86. The molecule has 7 heteroatoms. The Morgan fingerprint density at radius 3 is 2.75 bits per heavy atom. The van der Waals surface area contributed by atoms with Gasteiger partial charge in [0.2, 0.25) is 5.56 Å². The van der Waals surface area contributed by atoms with Gasteiger partial charge in [-0.15, -0.1) is 0 Å². The number of nitrogens with one attached hydrogen (secondary N) is 1. The average molecular weight is 232 g/mol. The molecule has 88 valence electrons. The number of esters is 1. The van der Waals surface area contributed by atoms with Crippen molar-refractivity contribution in [2.75, 3.05) is 12.8 Å². The summed E-state index contributed by atoms with van der Waals surface area (Å²) in [5.41, 5.74) is 3.73. The Morgan fingerprint density at radius 2 is 2.25 bits per heavy atom. The number of halogens is 2. The molecule has 0 aliphatic rings. The van der Waals surface area contributed by atoms with Crippen LogP contribution in [0.3, 0.4) is 0 Å². The summed E-state index contributed by atoms with van der Waals surface area (Å²) < 4.78 is 29.3. The molecule has 0 bridgehead atoms. The van der Waals surface area contributed by atoms with Crippen LogP contribution >= 0.6 is 0 Å². The summed E-state index contributed by atoms with van der Waals surface area (Å²) in [5, 5.41) is 0. The highest BCUT2D eigenvalue weighted by Gasteiger charge is 2.17. The number of hydrogen-bond acceptors (Lipinski definition) is 4. The molecule has 0 atom stereocenters. The van der Waals surface area contributed by atoms with Gasteiger partial charge in [-0.05, 0) is 0 Å². The van der Waals surface area contributed by atoms with E-state index in [4.69, 9.17) is 5.73 Å². The van der Waals surface area contributed by atoms with Gasteiger partial charge in [0.05, 0.1) is 24.9 Å². The summed E-state index contributed by atoms with van der Waals surface area (Å²) in [7, 11) is 1.15. The Kier molecular flexibility index (Phi) is 3.60. The fourth-order valence-corrected chi connectivity index (χ4v) is 1.18. The van der Waals surface area contributed by atoms with Gasteiger partial charge in [0.1, 0.15) is 0 Å². The summed E-state index contributed by atoms with van der Waals surface area (Å²) >= 11 is 0. The van der Waals surface area contributed by atoms with Gasteiger partial charge in [-0.25, -0.2) is 8.78 Å². The van der Waals surface area contributed by atoms with Crippen molar-refractivity contribution in [2.24, 2.45) is 0 Å². The summed E-state index contributed by atoms with van der Waals surface area (Å²) in [4.78, 5) is 24.2. The number of rotatable bonds is 3. The Labute approximate surface area is 89.2 Å². The lowest BCUT2D eigenvalue weighted by Gasteiger charge is -2.08. The van der Waals surface area contributed by atoms with Crippen LogP contribution < -0.4 is 11.3 Å². The number of ether oxygens (including phenoxy) is 1. The summed E-state index contributed by atoms with van der Waals surface area (Å²) in [6.07, 6.45) is -3.21. The first-order valence-electron chi connectivity index (χ1n) is 4.32. The molecule has 3 N–H and O–H groups in total. The number of carbonyl (C=O) groups is 1. The van der Waals surface area contributed by atoms with Crippen LogP contribution in [0.25, 0.3) is 0 Å². The highest BCUT2D eigenvalue weighted by molar-refractivity contribution is 5.74. The first kappa shape index (κ1) is 12.2. The largest absolute Gasteiger partial charge is 0.469 e. The van der Waals surface area contributed by atoms with Crippen LogP contribution in [0.2, 0.25) is 0 Å². The van der Waals surface area contributed by atoms with Crippen LogP contribution in [0, 0.1) is 0 Å². The molecule has 0 saturated heterocycles. The number of methoxy groups -OCH3 is 1. The zero-order chi connectivity index (χ0) is 12.3. The van der Waals surface area contributed by atoms with E-state index < -0.39 is 23.5 Å². The molecule has 0 aliphatic heterocycles. The molecule has 1 aromatic rings. The van der Waals surface area contributed by atoms with Crippen LogP contribution in [0.4, 0.5) is 14.5 Å². The van der Waals surface area contributed by atoms with E-state index in [1.807, 2.05) is 0 Å². The third-order valence-corrected chi connectivity index (χ3v) is 1.98. The molecule has 1 heterocycles. The van der Waals surface area contributed by atoms with Gasteiger partial charge in [-0.3, -0.25) is 9.59 Å². The third kappa shape index (κ3) is 2.56. The zero-order valence-electron chi connectivity index (χ0n) is 8.42. The van der Waals surface area contributed by atoms with Crippen molar-refractivity contribution in [3.63, 3.8) is 0 Å². The highest BCUT2D eigenvalue weighted by atomic mass is 19.3. The van der Waals surface area contributed by atoms with Crippen LogP contribution in [-0.4, -0.2) is 18.1 Å². The number of aromatic amines is 1. The number of H-pyrrole nitrogens is 1. The van der Waals surface area contributed by atoms with Crippen molar-refractivity contribution in [2.45, 2.75) is 12.8 Å². The standard InChI is InChI=1S/C9H10F2N2O3/c1-16-7(15)3-5-8(12)4(9(10)11)2-6(14)13-5/h2,9H,3,12H2,1H3,(H,13,14). The maximum atomic E-state index is 12.5. The van der Waals surface area contributed by atoms with E-state index in [-0.39, 0.29) is 17.8 Å². The lowest BCUT2D eigenvalue weighted by atomic mass is 10.1. The minimum absolute atomic E-state index is 0.0605. The molecule has 0 spiro atoms. The van der Waals surface area contributed by atoms with E-state index in [1.165, 1.54) is 0 Å². The van der Waals surface area contributed by atoms with Gasteiger partial charge in [0.25, 0.3) is 6.43 Å². The zero-order valence-corrected chi connectivity index (χ0v) is 8.42.